The molecule has 2 rings (SSSR count). The molecule has 4 heteroatoms. The van der Waals surface area contributed by atoms with Crippen LogP contribution in [0.2, 0.25) is 5.02 Å². The van der Waals surface area contributed by atoms with E-state index in [2.05, 4.69) is 5.32 Å². The van der Waals surface area contributed by atoms with Crippen LogP contribution >= 0.6 is 11.6 Å². The average Bonchev–Trinajstić information content (AvgIpc) is 2.71. The Balaban J connectivity index is 2.01. The number of carbonyl (C=O) groups is 1. The Labute approximate surface area is 113 Å². The first kappa shape index (κ1) is 13.4. The first-order valence-electron chi connectivity index (χ1n) is 6.34. The third kappa shape index (κ3) is 3.03. The van der Waals surface area contributed by atoms with Crippen molar-refractivity contribution in [1.29, 1.82) is 0 Å². The second kappa shape index (κ2) is 5.29. The van der Waals surface area contributed by atoms with Crippen molar-refractivity contribution >= 4 is 23.2 Å². The maximum atomic E-state index is 12.0. The molecule has 0 bridgehead atoms. The van der Waals surface area contributed by atoms with E-state index in [9.17, 15) is 4.79 Å². The van der Waals surface area contributed by atoms with Gasteiger partial charge in [-0.25, -0.2) is 0 Å². The Bertz CT molecular complexity index is 453. The van der Waals surface area contributed by atoms with Gasteiger partial charge in [-0.1, -0.05) is 36.6 Å². The van der Waals surface area contributed by atoms with Gasteiger partial charge >= 0.3 is 0 Å². The molecule has 1 aromatic rings. The van der Waals surface area contributed by atoms with E-state index in [4.69, 9.17) is 17.3 Å². The summed E-state index contributed by atoms with van der Waals surface area (Å²) in [5.41, 5.74) is 7.49. The Morgan fingerprint density at radius 3 is 2.78 bits per heavy atom. The predicted molar refractivity (Wildman–Crippen MR) is 74.8 cm³/mol. The molecule has 18 heavy (non-hydrogen) atoms. The number of aryl methyl sites for hydroxylation is 1. The minimum absolute atomic E-state index is 0.0492. The summed E-state index contributed by atoms with van der Waals surface area (Å²) in [6.07, 6.45) is 4.48. The SMILES string of the molecule is Cc1cccc(NC(=O)CC2(N)CCCC2)c1Cl. The number of amides is 1. The molecule has 0 atom stereocenters. The van der Waals surface area contributed by atoms with Gasteiger partial charge in [0.1, 0.15) is 0 Å². The number of nitrogens with two attached hydrogens (primary N) is 1. The molecule has 0 radical (unpaired) electrons. The van der Waals surface area contributed by atoms with Crippen LogP contribution < -0.4 is 11.1 Å². The zero-order chi connectivity index (χ0) is 13.2. The molecule has 0 saturated heterocycles. The van der Waals surface area contributed by atoms with E-state index in [1.165, 1.54) is 0 Å². The predicted octanol–water partition coefficient (Wildman–Crippen LogP) is 3.25. The molecule has 1 fully saturated rings. The van der Waals surface area contributed by atoms with Gasteiger partial charge in [0.05, 0.1) is 10.7 Å². The van der Waals surface area contributed by atoms with Gasteiger partial charge < -0.3 is 11.1 Å². The van der Waals surface area contributed by atoms with Gasteiger partial charge in [0.25, 0.3) is 0 Å². The molecule has 0 aliphatic heterocycles. The highest BCUT2D eigenvalue weighted by molar-refractivity contribution is 6.34. The van der Waals surface area contributed by atoms with Crippen LogP contribution in [0.25, 0.3) is 0 Å². The van der Waals surface area contributed by atoms with Crippen molar-refractivity contribution in [3.05, 3.63) is 28.8 Å². The third-order valence-electron chi connectivity index (χ3n) is 3.58. The molecule has 98 valence electrons. The number of halogens is 1. The van der Waals surface area contributed by atoms with Gasteiger partial charge in [0, 0.05) is 12.0 Å². The lowest BCUT2D eigenvalue weighted by atomic mass is 9.94. The molecule has 1 aliphatic carbocycles. The van der Waals surface area contributed by atoms with Gasteiger partial charge in [-0.15, -0.1) is 0 Å². The van der Waals surface area contributed by atoms with Gasteiger partial charge in [0.15, 0.2) is 0 Å². The second-order valence-electron chi connectivity index (χ2n) is 5.23. The van der Waals surface area contributed by atoms with E-state index in [1.54, 1.807) is 0 Å². The van der Waals surface area contributed by atoms with Gasteiger partial charge in [0.2, 0.25) is 5.91 Å². The fraction of sp³-hybridized carbons (Fsp3) is 0.500. The molecule has 1 aliphatic rings. The average molecular weight is 267 g/mol. The number of benzene rings is 1. The summed E-state index contributed by atoms with van der Waals surface area (Å²) in [6.45, 7) is 1.92. The molecule has 0 unspecified atom stereocenters. The lowest BCUT2D eigenvalue weighted by Crippen LogP contribution is -2.40. The van der Waals surface area contributed by atoms with Crippen molar-refractivity contribution in [2.24, 2.45) is 5.73 Å². The molecule has 3 nitrogen and oxygen atoms in total. The monoisotopic (exact) mass is 266 g/mol. The van der Waals surface area contributed by atoms with Crippen molar-refractivity contribution in [3.8, 4) is 0 Å². The zero-order valence-corrected chi connectivity index (χ0v) is 11.4. The first-order chi connectivity index (χ1) is 8.50. The lowest BCUT2D eigenvalue weighted by molar-refractivity contribution is -0.117. The number of rotatable bonds is 3. The van der Waals surface area contributed by atoms with Gasteiger partial charge in [-0.05, 0) is 31.4 Å². The van der Waals surface area contributed by atoms with Crippen LogP contribution in [0.1, 0.15) is 37.7 Å². The zero-order valence-electron chi connectivity index (χ0n) is 10.6. The van der Waals surface area contributed by atoms with Crippen molar-refractivity contribution in [3.63, 3.8) is 0 Å². The third-order valence-corrected chi connectivity index (χ3v) is 4.08. The van der Waals surface area contributed by atoms with Crippen LogP contribution in [0.15, 0.2) is 18.2 Å². The van der Waals surface area contributed by atoms with E-state index in [0.29, 0.717) is 17.1 Å². The van der Waals surface area contributed by atoms with Crippen LogP contribution in [0, 0.1) is 6.92 Å². The smallest absolute Gasteiger partial charge is 0.226 e. The fourth-order valence-electron chi connectivity index (χ4n) is 2.51. The van der Waals surface area contributed by atoms with Crippen LogP contribution in [0.3, 0.4) is 0 Å². The highest BCUT2D eigenvalue weighted by Gasteiger charge is 2.31. The second-order valence-corrected chi connectivity index (χ2v) is 5.61. The fourth-order valence-corrected chi connectivity index (χ4v) is 2.69. The Hall–Kier alpha value is -1.06. The van der Waals surface area contributed by atoms with Gasteiger partial charge in [-0.2, -0.15) is 0 Å². The van der Waals surface area contributed by atoms with E-state index < -0.39 is 0 Å². The summed E-state index contributed by atoms with van der Waals surface area (Å²) < 4.78 is 0. The number of anilines is 1. The standard InChI is InChI=1S/C14H19ClN2O/c1-10-5-4-6-11(13(10)15)17-12(18)9-14(16)7-2-3-8-14/h4-6H,2-3,7-9,16H2,1H3,(H,17,18). The molecular weight excluding hydrogens is 248 g/mol. The quantitative estimate of drug-likeness (QED) is 0.882. The molecule has 1 amide bonds. The minimum atomic E-state index is -0.319. The molecule has 0 heterocycles. The maximum Gasteiger partial charge on any atom is 0.226 e. The summed E-state index contributed by atoms with van der Waals surface area (Å²) in [6, 6.07) is 5.61. The highest BCUT2D eigenvalue weighted by Crippen LogP contribution is 2.31. The van der Waals surface area contributed by atoms with Gasteiger partial charge in [-0.3, -0.25) is 4.79 Å². The molecule has 0 aromatic heterocycles. The van der Waals surface area contributed by atoms with Crippen molar-refractivity contribution in [2.45, 2.75) is 44.6 Å². The van der Waals surface area contributed by atoms with E-state index in [1.807, 2.05) is 25.1 Å². The Morgan fingerprint density at radius 1 is 1.44 bits per heavy atom. The molecular formula is C14H19ClN2O. The van der Waals surface area contributed by atoms with E-state index in [-0.39, 0.29) is 11.4 Å². The minimum Gasteiger partial charge on any atom is -0.325 e. The number of carbonyl (C=O) groups excluding carboxylic acids is 1. The summed E-state index contributed by atoms with van der Waals surface area (Å²) >= 11 is 6.14. The van der Waals surface area contributed by atoms with Crippen LogP contribution in [0.4, 0.5) is 5.69 Å². The number of nitrogens with one attached hydrogen (secondary N) is 1. The molecule has 3 N–H and O–H groups in total. The Morgan fingerprint density at radius 2 is 2.11 bits per heavy atom. The molecule has 1 saturated carbocycles. The summed E-state index contributed by atoms with van der Waals surface area (Å²) in [5.74, 6) is -0.0492. The maximum absolute atomic E-state index is 12.0. The van der Waals surface area contributed by atoms with Crippen LogP contribution in [-0.2, 0) is 4.79 Å². The highest BCUT2D eigenvalue weighted by atomic mass is 35.5. The van der Waals surface area contributed by atoms with E-state index in [0.717, 1.165) is 31.2 Å². The topological polar surface area (TPSA) is 55.1 Å². The number of hydrogen-bond acceptors (Lipinski definition) is 2. The molecule has 1 aromatic carbocycles. The van der Waals surface area contributed by atoms with Crippen molar-refractivity contribution in [1.82, 2.24) is 0 Å². The van der Waals surface area contributed by atoms with Crippen molar-refractivity contribution in [2.75, 3.05) is 5.32 Å². The Kier molecular flexibility index (Phi) is 3.93. The van der Waals surface area contributed by atoms with Crippen LogP contribution in [0.5, 0.6) is 0 Å². The summed E-state index contributed by atoms with van der Waals surface area (Å²) in [5, 5.41) is 3.45. The first-order valence-corrected chi connectivity index (χ1v) is 6.72. The van der Waals surface area contributed by atoms with Crippen LogP contribution in [-0.4, -0.2) is 11.4 Å². The normalized spacial score (nSPS) is 17.7. The molecule has 0 spiro atoms. The lowest BCUT2D eigenvalue weighted by Gasteiger charge is -2.22. The number of hydrogen-bond donors (Lipinski definition) is 2. The summed E-state index contributed by atoms with van der Waals surface area (Å²) in [7, 11) is 0. The summed E-state index contributed by atoms with van der Waals surface area (Å²) in [4.78, 5) is 12.0. The van der Waals surface area contributed by atoms with E-state index >= 15 is 0 Å². The largest absolute Gasteiger partial charge is 0.325 e. The van der Waals surface area contributed by atoms with Crippen molar-refractivity contribution < 1.29 is 4.79 Å².